The third-order valence-electron chi connectivity index (χ3n) is 4.20. The number of hydrogen-bond acceptors (Lipinski definition) is 4. The molecule has 7 nitrogen and oxygen atoms in total. The van der Waals surface area contributed by atoms with Gasteiger partial charge in [0.1, 0.15) is 16.4 Å². The van der Waals surface area contributed by atoms with Gasteiger partial charge in [-0.25, -0.2) is 12.8 Å². The van der Waals surface area contributed by atoms with Gasteiger partial charge in [-0.3, -0.25) is 9.89 Å². The van der Waals surface area contributed by atoms with E-state index in [0.717, 1.165) is 11.8 Å². The summed E-state index contributed by atoms with van der Waals surface area (Å²) in [5.41, 5.74) is 6.08. The summed E-state index contributed by atoms with van der Waals surface area (Å²) in [5, 5.41) is 6.61. The molecule has 1 fully saturated rings. The van der Waals surface area contributed by atoms with Gasteiger partial charge in [-0.05, 0) is 31.0 Å². The van der Waals surface area contributed by atoms with Gasteiger partial charge in [0.2, 0.25) is 10.0 Å². The van der Waals surface area contributed by atoms with Crippen LogP contribution in [0.25, 0.3) is 0 Å². The lowest BCUT2D eigenvalue weighted by atomic mass is 9.94. The molecule has 0 spiro atoms. The van der Waals surface area contributed by atoms with Crippen LogP contribution < -0.4 is 5.73 Å². The normalized spacial score (nSPS) is 17.0. The summed E-state index contributed by atoms with van der Waals surface area (Å²) < 4.78 is 40.2. The van der Waals surface area contributed by atoms with Crippen LogP contribution in [0.15, 0.2) is 35.2 Å². The number of carbonyl (C=O) groups excluding carboxylic acids is 1. The maximum absolute atomic E-state index is 13.8. The summed E-state index contributed by atoms with van der Waals surface area (Å²) in [7, 11) is -3.85. The van der Waals surface area contributed by atoms with Gasteiger partial charge in [-0.15, -0.1) is 0 Å². The van der Waals surface area contributed by atoms with Crippen molar-refractivity contribution >= 4 is 15.9 Å². The van der Waals surface area contributed by atoms with Crippen molar-refractivity contribution in [2.45, 2.75) is 23.7 Å². The largest absolute Gasteiger partial charge is 0.364 e. The van der Waals surface area contributed by atoms with Crippen LogP contribution >= 0.6 is 0 Å². The number of piperidine rings is 1. The van der Waals surface area contributed by atoms with Crippen LogP contribution in [0.2, 0.25) is 0 Å². The summed E-state index contributed by atoms with van der Waals surface area (Å²) >= 11 is 0. The summed E-state index contributed by atoms with van der Waals surface area (Å²) in [4.78, 5) is 10.8. The molecule has 0 radical (unpaired) electrons. The molecule has 0 atom stereocenters. The fraction of sp³-hybridized carbons (Fsp3) is 0.333. The van der Waals surface area contributed by atoms with Crippen molar-refractivity contribution in [2.75, 3.05) is 13.1 Å². The van der Waals surface area contributed by atoms with E-state index in [0.29, 0.717) is 12.8 Å². The maximum atomic E-state index is 13.8. The first-order chi connectivity index (χ1) is 11.4. The lowest BCUT2D eigenvalue weighted by Crippen LogP contribution is -2.38. The Hall–Kier alpha value is -2.26. The highest BCUT2D eigenvalue weighted by Gasteiger charge is 2.32. The van der Waals surface area contributed by atoms with E-state index >= 15 is 0 Å². The van der Waals surface area contributed by atoms with Gasteiger partial charge in [0.05, 0.1) is 0 Å². The molecule has 0 bridgehead atoms. The number of halogens is 1. The highest BCUT2D eigenvalue weighted by atomic mass is 32.2. The number of hydrogen-bond donors (Lipinski definition) is 2. The van der Waals surface area contributed by atoms with E-state index < -0.39 is 21.7 Å². The lowest BCUT2D eigenvalue weighted by molar-refractivity contribution is 0.0995. The van der Waals surface area contributed by atoms with Crippen molar-refractivity contribution in [3.8, 4) is 0 Å². The number of benzene rings is 1. The molecule has 3 rings (SSSR count). The van der Waals surface area contributed by atoms with E-state index in [-0.39, 0.29) is 29.6 Å². The van der Waals surface area contributed by atoms with Gasteiger partial charge in [0.15, 0.2) is 0 Å². The molecule has 128 valence electrons. The summed E-state index contributed by atoms with van der Waals surface area (Å²) in [6.07, 6.45) is 1.10. The fourth-order valence-electron chi connectivity index (χ4n) is 2.87. The lowest BCUT2D eigenvalue weighted by Gasteiger charge is -2.30. The number of aromatic nitrogens is 2. The first kappa shape index (κ1) is 16.6. The standard InChI is InChI=1S/C15H17FN4O3S/c16-11-3-1-2-4-14(11)24(22,23)20-7-5-10(6-8-20)12-9-13(15(17)21)19-18-12/h1-4,9-10H,5-8H2,(H2,17,21)(H,18,19). The molecule has 3 N–H and O–H groups in total. The van der Waals surface area contributed by atoms with Crippen molar-refractivity contribution in [3.05, 3.63) is 47.5 Å². The molecule has 1 aliphatic rings. The SMILES string of the molecule is NC(=O)c1cc(C2CCN(S(=O)(=O)c3ccccc3F)CC2)[nH]n1. The van der Waals surface area contributed by atoms with Crippen molar-refractivity contribution in [1.82, 2.24) is 14.5 Å². The van der Waals surface area contributed by atoms with Crippen LogP contribution in [0, 0.1) is 5.82 Å². The van der Waals surface area contributed by atoms with Gasteiger partial charge >= 0.3 is 0 Å². The zero-order chi connectivity index (χ0) is 17.3. The molecule has 0 aliphatic carbocycles. The minimum absolute atomic E-state index is 0.0534. The number of amides is 1. The average Bonchev–Trinajstić information content (AvgIpc) is 3.05. The summed E-state index contributed by atoms with van der Waals surface area (Å²) in [6.45, 7) is 0.540. The molecular formula is C15H17FN4O3S. The average molecular weight is 352 g/mol. The topological polar surface area (TPSA) is 109 Å². The van der Waals surface area contributed by atoms with Crippen molar-refractivity contribution in [3.63, 3.8) is 0 Å². The molecular weight excluding hydrogens is 335 g/mol. The molecule has 24 heavy (non-hydrogen) atoms. The minimum atomic E-state index is -3.85. The molecule has 1 saturated heterocycles. The van der Waals surface area contributed by atoms with Crippen molar-refractivity contribution in [2.24, 2.45) is 5.73 Å². The van der Waals surface area contributed by atoms with E-state index in [1.54, 1.807) is 6.07 Å². The monoisotopic (exact) mass is 352 g/mol. The molecule has 1 aliphatic heterocycles. The highest BCUT2D eigenvalue weighted by Crippen LogP contribution is 2.30. The molecule has 0 saturated carbocycles. The first-order valence-electron chi connectivity index (χ1n) is 7.49. The Morgan fingerprint density at radius 3 is 2.54 bits per heavy atom. The van der Waals surface area contributed by atoms with Gasteiger partial charge in [-0.2, -0.15) is 9.40 Å². The molecule has 1 aromatic carbocycles. The third-order valence-corrected chi connectivity index (χ3v) is 6.13. The summed E-state index contributed by atoms with van der Waals surface area (Å²) in [6, 6.07) is 6.95. The zero-order valence-electron chi connectivity index (χ0n) is 12.8. The number of rotatable bonds is 4. The molecule has 9 heteroatoms. The number of H-pyrrole nitrogens is 1. The number of nitrogens with one attached hydrogen (secondary N) is 1. The fourth-order valence-corrected chi connectivity index (χ4v) is 4.41. The predicted molar refractivity (Wildman–Crippen MR) is 84.2 cm³/mol. The number of nitrogens with zero attached hydrogens (tertiary/aromatic N) is 2. The van der Waals surface area contributed by atoms with Gasteiger partial charge in [-0.1, -0.05) is 12.1 Å². The second-order valence-corrected chi connectivity index (χ2v) is 7.59. The second-order valence-electron chi connectivity index (χ2n) is 5.68. The number of carbonyl (C=O) groups is 1. The van der Waals surface area contributed by atoms with Gasteiger partial charge < -0.3 is 5.73 Å². The van der Waals surface area contributed by atoms with Crippen molar-refractivity contribution < 1.29 is 17.6 Å². The van der Waals surface area contributed by atoms with Crippen LogP contribution in [-0.4, -0.2) is 41.9 Å². The zero-order valence-corrected chi connectivity index (χ0v) is 13.6. The first-order valence-corrected chi connectivity index (χ1v) is 8.93. The van der Waals surface area contributed by atoms with Crippen LogP contribution in [-0.2, 0) is 10.0 Å². The molecule has 2 aromatic rings. The Labute approximate surface area is 138 Å². The Morgan fingerprint density at radius 2 is 1.96 bits per heavy atom. The minimum Gasteiger partial charge on any atom is -0.364 e. The number of sulfonamides is 1. The maximum Gasteiger partial charge on any atom is 0.269 e. The van der Waals surface area contributed by atoms with E-state index in [9.17, 15) is 17.6 Å². The predicted octanol–water partition coefficient (Wildman–Crippen LogP) is 1.22. The molecule has 0 unspecified atom stereocenters. The van der Waals surface area contributed by atoms with Gasteiger partial charge in [0, 0.05) is 24.7 Å². The van der Waals surface area contributed by atoms with E-state index in [2.05, 4.69) is 10.2 Å². The van der Waals surface area contributed by atoms with E-state index in [1.807, 2.05) is 0 Å². The number of primary amides is 1. The van der Waals surface area contributed by atoms with E-state index in [1.165, 1.54) is 22.5 Å². The Kier molecular flexibility index (Phi) is 4.37. The molecule has 2 heterocycles. The van der Waals surface area contributed by atoms with Crippen LogP contribution in [0.1, 0.15) is 34.9 Å². The molecule has 1 aromatic heterocycles. The van der Waals surface area contributed by atoms with E-state index in [4.69, 9.17) is 5.73 Å². The second kappa shape index (κ2) is 6.33. The Balaban J connectivity index is 1.72. The quantitative estimate of drug-likeness (QED) is 0.862. The number of aromatic amines is 1. The smallest absolute Gasteiger partial charge is 0.269 e. The highest BCUT2D eigenvalue weighted by molar-refractivity contribution is 7.89. The summed E-state index contributed by atoms with van der Waals surface area (Å²) in [5.74, 6) is -1.31. The third kappa shape index (κ3) is 3.04. The Morgan fingerprint density at radius 1 is 1.29 bits per heavy atom. The van der Waals surface area contributed by atoms with Gasteiger partial charge in [0.25, 0.3) is 5.91 Å². The number of nitrogens with two attached hydrogens (primary N) is 1. The molecule has 1 amide bonds. The van der Waals surface area contributed by atoms with Crippen molar-refractivity contribution in [1.29, 1.82) is 0 Å². The van der Waals surface area contributed by atoms with Crippen LogP contribution in [0.3, 0.4) is 0 Å². The van der Waals surface area contributed by atoms with Crippen LogP contribution in [0.4, 0.5) is 4.39 Å². The van der Waals surface area contributed by atoms with Crippen LogP contribution in [0.5, 0.6) is 0 Å². The Bertz CT molecular complexity index is 857.